The zero-order valence-corrected chi connectivity index (χ0v) is 13.8. The van der Waals surface area contributed by atoms with Gasteiger partial charge < -0.3 is 4.74 Å². The Morgan fingerprint density at radius 3 is 2.65 bits per heavy atom. The average Bonchev–Trinajstić information content (AvgIpc) is 2.41. The molecule has 0 radical (unpaired) electrons. The molecule has 5 heteroatoms. The Kier molecular flexibility index (Phi) is 5.30. The van der Waals surface area contributed by atoms with Crippen molar-refractivity contribution in [1.82, 2.24) is 0 Å². The van der Waals surface area contributed by atoms with Crippen molar-refractivity contribution in [1.29, 1.82) is 0 Å². The predicted molar refractivity (Wildman–Crippen MR) is 84.4 cm³/mol. The van der Waals surface area contributed by atoms with Gasteiger partial charge in [-0.15, -0.1) is 11.6 Å². The summed E-state index contributed by atoms with van der Waals surface area (Å²) in [6.45, 7) is 2.48. The van der Waals surface area contributed by atoms with Crippen LogP contribution in [0.25, 0.3) is 0 Å². The van der Waals surface area contributed by atoms with Gasteiger partial charge >= 0.3 is 0 Å². The van der Waals surface area contributed by atoms with Crippen molar-refractivity contribution in [3.8, 4) is 5.75 Å². The van der Waals surface area contributed by atoms with Gasteiger partial charge in [0.15, 0.2) is 0 Å². The lowest BCUT2D eigenvalue weighted by Crippen LogP contribution is -1.99. The molecule has 0 saturated heterocycles. The van der Waals surface area contributed by atoms with Gasteiger partial charge in [-0.2, -0.15) is 0 Å². The van der Waals surface area contributed by atoms with Crippen molar-refractivity contribution < 1.29 is 9.13 Å². The summed E-state index contributed by atoms with van der Waals surface area (Å²) in [6, 6.07) is 9.94. The van der Waals surface area contributed by atoms with Crippen LogP contribution in [0.15, 0.2) is 40.9 Å². The molecule has 0 aliphatic rings. The molecule has 0 bridgehead atoms. The summed E-state index contributed by atoms with van der Waals surface area (Å²) in [5.41, 5.74) is 1.03. The van der Waals surface area contributed by atoms with Crippen LogP contribution in [0.5, 0.6) is 5.75 Å². The highest BCUT2D eigenvalue weighted by Gasteiger charge is 2.19. The van der Waals surface area contributed by atoms with Crippen LogP contribution in [0.2, 0.25) is 5.02 Å². The molecule has 1 unspecified atom stereocenters. The number of ether oxygens (including phenoxy) is 1. The Balaban J connectivity index is 2.39. The van der Waals surface area contributed by atoms with E-state index < -0.39 is 11.2 Å². The summed E-state index contributed by atoms with van der Waals surface area (Å²) in [5.74, 6) is 0.308. The van der Waals surface area contributed by atoms with Crippen molar-refractivity contribution in [3.05, 3.63) is 62.8 Å². The van der Waals surface area contributed by atoms with Gasteiger partial charge in [0.1, 0.15) is 11.6 Å². The van der Waals surface area contributed by atoms with E-state index in [0.717, 1.165) is 15.8 Å². The molecule has 2 aromatic carbocycles. The van der Waals surface area contributed by atoms with Gasteiger partial charge in [0.05, 0.1) is 16.5 Å². The minimum atomic E-state index is -0.657. The SMILES string of the molecule is CCOc1ccc(C(Cl)c2c(F)cccc2Cl)cc1Br. The molecule has 0 N–H and O–H groups in total. The van der Waals surface area contributed by atoms with E-state index in [1.165, 1.54) is 6.07 Å². The minimum absolute atomic E-state index is 0.284. The molecule has 0 fully saturated rings. The lowest BCUT2D eigenvalue weighted by Gasteiger charge is -2.15. The Morgan fingerprint density at radius 1 is 1.30 bits per heavy atom. The smallest absolute Gasteiger partial charge is 0.133 e. The van der Waals surface area contributed by atoms with Gasteiger partial charge in [0.25, 0.3) is 0 Å². The number of halogens is 4. The molecular weight excluding hydrogens is 366 g/mol. The predicted octanol–water partition coefficient (Wildman–Crippen LogP) is 5.97. The normalized spacial score (nSPS) is 12.2. The number of rotatable bonds is 4. The molecule has 1 nitrogen and oxygen atoms in total. The van der Waals surface area contributed by atoms with E-state index in [4.69, 9.17) is 27.9 Å². The third-order valence-corrected chi connectivity index (χ3v) is 4.22. The lowest BCUT2D eigenvalue weighted by atomic mass is 10.0. The molecule has 0 spiro atoms. The zero-order valence-electron chi connectivity index (χ0n) is 10.7. The van der Waals surface area contributed by atoms with Crippen LogP contribution in [0.3, 0.4) is 0 Å². The van der Waals surface area contributed by atoms with E-state index in [0.29, 0.717) is 11.6 Å². The first-order chi connectivity index (χ1) is 9.54. The first-order valence-corrected chi connectivity index (χ1v) is 7.65. The van der Waals surface area contributed by atoms with Crippen LogP contribution in [0.4, 0.5) is 4.39 Å². The fourth-order valence-corrected chi connectivity index (χ4v) is 3.06. The Hall–Kier alpha value is -0.770. The lowest BCUT2D eigenvalue weighted by molar-refractivity contribution is 0.338. The second-order valence-electron chi connectivity index (χ2n) is 4.12. The van der Waals surface area contributed by atoms with Crippen LogP contribution >= 0.6 is 39.1 Å². The summed E-state index contributed by atoms with van der Waals surface area (Å²) < 4.78 is 20.1. The van der Waals surface area contributed by atoms with Gasteiger partial charge in [0, 0.05) is 10.6 Å². The molecule has 1 atom stereocenters. The van der Waals surface area contributed by atoms with Crippen LogP contribution < -0.4 is 4.74 Å². The summed E-state index contributed by atoms with van der Waals surface area (Å²) in [4.78, 5) is 0. The molecule has 0 aromatic heterocycles. The number of alkyl halides is 1. The van der Waals surface area contributed by atoms with E-state index in [-0.39, 0.29) is 5.56 Å². The van der Waals surface area contributed by atoms with E-state index in [1.807, 2.05) is 13.0 Å². The molecule has 0 amide bonds. The fraction of sp³-hybridized carbons (Fsp3) is 0.200. The average molecular weight is 378 g/mol. The van der Waals surface area contributed by atoms with Crippen molar-refractivity contribution in [2.24, 2.45) is 0 Å². The summed E-state index contributed by atoms with van der Waals surface area (Å²) in [5, 5.41) is -0.342. The summed E-state index contributed by atoms with van der Waals surface area (Å²) in [7, 11) is 0. The monoisotopic (exact) mass is 376 g/mol. The molecule has 20 heavy (non-hydrogen) atoms. The maximum atomic E-state index is 13.9. The molecular formula is C15H12BrCl2FO. The van der Waals surface area contributed by atoms with Crippen molar-refractivity contribution >= 4 is 39.1 Å². The third-order valence-electron chi connectivity index (χ3n) is 2.80. The first-order valence-electron chi connectivity index (χ1n) is 6.04. The van der Waals surface area contributed by atoms with Crippen molar-refractivity contribution in [2.75, 3.05) is 6.61 Å². The van der Waals surface area contributed by atoms with Crippen LogP contribution in [0, 0.1) is 5.82 Å². The van der Waals surface area contributed by atoms with Crippen LogP contribution in [0.1, 0.15) is 23.4 Å². The van der Waals surface area contributed by atoms with Crippen molar-refractivity contribution in [3.63, 3.8) is 0 Å². The topological polar surface area (TPSA) is 9.23 Å². The van der Waals surface area contributed by atoms with Crippen LogP contribution in [-0.4, -0.2) is 6.61 Å². The molecule has 0 saturated carbocycles. The quantitative estimate of drug-likeness (QED) is 0.596. The van der Waals surface area contributed by atoms with Gasteiger partial charge in [-0.05, 0) is 52.7 Å². The zero-order chi connectivity index (χ0) is 14.7. The van der Waals surface area contributed by atoms with Gasteiger partial charge in [-0.3, -0.25) is 0 Å². The van der Waals surface area contributed by atoms with E-state index in [1.54, 1.807) is 24.3 Å². The van der Waals surface area contributed by atoms with E-state index in [9.17, 15) is 4.39 Å². The highest BCUT2D eigenvalue weighted by atomic mass is 79.9. The Bertz CT molecular complexity index is 599. The number of benzene rings is 2. The summed E-state index contributed by atoms with van der Waals surface area (Å²) in [6.07, 6.45) is 0. The van der Waals surface area contributed by atoms with Crippen molar-refractivity contribution in [2.45, 2.75) is 12.3 Å². The van der Waals surface area contributed by atoms with Gasteiger partial charge in [-0.25, -0.2) is 4.39 Å². The van der Waals surface area contributed by atoms with E-state index in [2.05, 4.69) is 15.9 Å². The Labute approximate surface area is 135 Å². The standard InChI is InChI=1S/C15H12BrCl2FO/c1-2-20-13-7-6-9(8-10(13)16)15(18)14-11(17)4-3-5-12(14)19/h3-8,15H,2H2,1H3. The number of hydrogen-bond donors (Lipinski definition) is 0. The van der Waals surface area contributed by atoms with Gasteiger partial charge in [0.2, 0.25) is 0 Å². The molecule has 2 aromatic rings. The molecule has 0 aliphatic carbocycles. The molecule has 2 rings (SSSR count). The van der Waals surface area contributed by atoms with Gasteiger partial charge in [-0.1, -0.05) is 23.7 Å². The molecule has 0 heterocycles. The Morgan fingerprint density at radius 2 is 2.05 bits per heavy atom. The maximum Gasteiger partial charge on any atom is 0.133 e. The summed E-state index contributed by atoms with van der Waals surface area (Å²) >= 11 is 15.8. The third kappa shape index (κ3) is 3.27. The largest absolute Gasteiger partial charge is 0.493 e. The van der Waals surface area contributed by atoms with E-state index >= 15 is 0 Å². The second-order valence-corrected chi connectivity index (χ2v) is 5.82. The molecule has 106 valence electrons. The highest BCUT2D eigenvalue weighted by Crippen LogP contribution is 2.38. The highest BCUT2D eigenvalue weighted by molar-refractivity contribution is 9.10. The minimum Gasteiger partial charge on any atom is -0.493 e. The maximum absolute atomic E-state index is 13.9. The second kappa shape index (κ2) is 6.79. The first kappa shape index (κ1) is 15.6. The molecule has 0 aliphatic heterocycles. The number of hydrogen-bond acceptors (Lipinski definition) is 1. The van der Waals surface area contributed by atoms with Crippen LogP contribution in [-0.2, 0) is 0 Å². The fourth-order valence-electron chi connectivity index (χ4n) is 1.87.